The lowest BCUT2D eigenvalue weighted by atomic mass is 9.87. The zero-order valence-electron chi connectivity index (χ0n) is 10.9. The van der Waals surface area contributed by atoms with E-state index < -0.39 is 0 Å². The Morgan fingerprint density at radius 2 is 1.69 bits per heavy atom. The van der Waals surface area contributed by atoms with Gasteiger partial charge in [-0.05, 0) is 36.3 Å². The van der Waals surface area contributed by atoms with E-state index in [1.165, 1.54) is 17.5 Å². The fraction of sp³-hybridized carbons (Fsp3) is 0.600. The van der Waals surface area contributed by atoms with Crippen molar-refractivity contribution in [2.24, 2.45) is 5.73 Å². The van der Waals surface area contributed by atoms with E-state index in [1.807, 2.05) is 0 Å². The Morgan fingerprint density at radius 1 is 1.06 bits per heavy atom. The van der Waals surface area contributed by atoms with Crippen molar-refractivity contribution < 1.29 is 0 Å². The first-order valence-corrected chi connectivity index (χ1v) is 6.57. The average Bonchev–Trinajstić information content (AvgIpc) is 2.31. The lowest BCUT2D eigenvalue weighted by Gasteiger charge is -2.23. The van der Waals surface area contributed by atoms with Gasteiger partial charge in [-0.2, -0.15) is 0 Å². The lowest BCUT2D eigenvalue weighted by Crippen LogP contribution is -2.27. The van der Waals surface area contributed by atoms with E-state index in [0.717, 1.165) is 19.3 Å². The summed E-state index contributed by atoms with van der Waals surface area (Å²) in [6, 6.07) is 9.28. The highest BCUT2D eigenvalue weighted by Crippen LogP contribution is 2.25. The van der Waals surface area contributed by atoms with Gasteiger partial charge in [0.25, 0.3) is 0 Å². The summed E-state index contributed by atoms with van der Waals surface area (Å²) in [5, 5.41) is 0. The summed E-state index contributed by atoms with van der Waals surface area (Å²) < 4.78 is 0. The van der Waals surface area contributed by atoms with Crippen LogP contribution in [0.2, 0.25) is 0 Å². The van der Waals surface area contributed by atoms with Crippen molar-refractivity contribution in [1.82, 2.24) is 0 Å². The standard InChI is InChI=1S/C15H25N/c1-4-7-15(16)14(6-3)13-10-8-12(5-2)9-11-13/h8-11,14-15H,4-7,16H2,1-3H3. The molecule has 1 aromatic rings. The molecule has 0 saturated heterocycles. The van der Waals surface area contributed by atoms with Crippen LogP contribution < -0.4 is 5.73 Å². The van der Waals surface area contributed by atoms with Crippen molar-refractivity contribution in [3.05, 3.63) is 35.4 Å². The predicted octanol–water partition coefficient (Wildman–Crippen LogP) is 3.87. The minimum atomic E-state index is 0.308. The molecule has 0 radical (unpaired) electrons. The molecule has 0 aliphatic carbocycles. The third-order valence-electron chi connectivity index (χ3n) is 3.39. The molecule has 2 atom stereocenters. The number of rotatable bonds is 6. The van der Waals surface area contributed by atoms with Gasteiger partial charge < -0.3 is 5.73 Å². The number of hydrogen-bond donors (Lipinski definition) is 1. The van der Waals surface area contributed by atoms with Crippen LogP contribution in [0.4, 0.5) is 0 Å². The maximum atomic E-state index is 6.24. The Balaban J connectivity index is 2.78. The van der Waals surface area contributed by atoms with Crippen molar-refractivity contribution in [3.63, 3.8) is 0 Å². The van der Waals surface area contributed by atoms with Gasteiger partial charge in [0.05, 0.1) is 0 Å². The van der Waals surface area contributed by atoms with Gasteiger partial charge in [0.1, 0.15) is 0 Å². The van der Waals surface area contributed by atoms with E-state index in [0.29, 0.717) is 12.0 Å². The van der Waals surface area contributed by atoms with Crippen molar-refractivity contribution in [1.29, 1.82) is 0 Å². The molecule has 1 aromatic carbocycles. The first kappa shape index (κ1) is 13.2. The highest BCUT2D eigenvalue weighted by molar-refractivity contribution is 5.26. The zero-order chi connectivity index (χ0) is 12.0. The molecular weight excluding hydrogens is 194 g/mol. The molecule has 16 heavy (non-hydrogen) atoms. The summed E-state index contributed by atoms with van der Waals surface area (Å²) in [4.78, 5) is 0. The minimum Gasteiger partial charge on any atom is -0.327 e. The molecule has 0 aromatic heterocycles. The Kier molecular flexibility index (Phi) is 5.54. The third kappa shape index (κ3) is 3.34. The molecule has 0 heterocycles. The van der Waals surface area contributed by atoms with E-state index in [9.17, 15) is 0 Å². The molecule has 1 rings (SSSR count). The van der Waals surface area contributed by atoms with Crippen molar-refractivity contribution in [3.8, 4) is 0 Å². The van der Waals surface area contributed by atoms with Crippen LogP contribution in [0.25, 0.3) is 0 Å². The van der Waals surface area contributed by atoms with Crippen LogP contribution in [0.1, 0.15) is 57.1 Å². The van der Waals surface area contributed by atoms with Gasteiger partial charge in [-0.25, -0.2) is 0 Å². The van der Waals surface area contributed by atoms with Crippen LogP contribution in [-0.2, 0) is 6.42 Å². The van der Waals surface area contributed by atoms with E-state index >= 15 is 0 Å². The molecule has 1 nitrogen and oxygen atoms in total. The molecule has 0 aliphatic rings. The van der Waals surface area contributed by atoms with E-state index in [2.05, 4.69) is 45.0 Å². The molecule has 90 valence electrons. The van der Waals surface area contributed by atoms with Crippen LogP contribution in [-0.4, -0.2) is 6.04 Å². The van der Waals surface area contributed by atoms with Crippen molar-refractivity contribution in [2.45, 2.75) is 58.4 Å². The van der Waals surface area contributed by atoms with Gasteiger partial charge in [-0.1, -0.05) is 51.5 Å². The van der Waals surface area contributed by atoms with Crippen LogP contribution in [0.15, 0.2) is 24.3 Å². The second kappa shape index (κ2) is 6.70. The van der Waals surface area contributed by atoms with E-state index in [-0.39, 0.29) is 0 Å². The zero-order valence-corrected chi connectivity index (χ0v) is 10.9. The molecule has 2 N–H and O–H groups in total. The second-order valence-corrected chi connectivity index (χ2v) is 4.56. The maximum absolute atomic E-state index is 6.24. The Hall–Kier alpha value is -0.820. The van der Waals surface area contributed by atoms with Gasteiger partial charge in [0.15, 0.2) is 0 Å². The van der Waals surface area contributed by atoms with Crippen molar-refractivity contribution in [2.75, 3.05) is 0 Å². The van der Waals surface area contributed by atoms with Crippen LogP contribution in [0.5, 0.6) is 0 Å². The Bertz CT molecular complexity index is 289. The Morgan fingerprint density at radius 3 is 2.12 bits per heavy atom. The maximum Gasteiger partial charge on any atom is 0.0108 e. The first-order chi connectivity index (χ1) is 7.72. The van der Waals surface area contributed by atoms with Crippen LogP contribution >= 0.6 is 0 Å². The number of aryl methyl sites for hydroxylation is 1. The van der Waals surface area contributed by atoms with Gasteiger partial charge >= 0.3 is 0 Å². The summed E-state index contributed by atoms with van der Waals surface area (Å²) in [5.41, 5.74) is 9.05. The highest BCUT2D eigenvalue weighted by atomic mass is 14.6. The number of nitrogens with two attached hydrogens (primary N) is 1. The molecular formula is C15H25N. The Labute approximate surface area is 100 Å². The smallest absolute Gasteiger partial charge is 0.0108 e. The first-order valence-electron chi connectivity index (χ1n) is 6.57. The normalized spacial score (nSPS) is 14.8. The van der Waals surface area contributed by atoms with Gasteiger partial charge in [-0.3, -0.25) is 0 Å². The van der Waals surface area contributed by atoms with Crippen LogP contribution in [0.3, 0.4) is 0 Å². The lowest BCUT2D eigenvalue weighted by molar-refractivity contribution is 0.483. The molecule has 1 heteroatoms. The minimum absolute atomic E-state index is 0.308. The van der Waals surface area contributed by atoms with Gasteiger partial charge in [0.2, 0.25) is 0 Å². The molecule has 0 spiro atoms. The fourth-order valence-corrected chi connectivity index (χ4v) is 2.32. The SMILES string of the molecule is CCCC(N)C(CC)c1ccc(CC)cc1. The third-order valence-corrected chi connectivity index (χ3v) is 3.39. The monoisotopic (exact) mass is 219 g/mol. The van der Waals surface area contributed by atoms with Crippen molar-refractivity contribution >= 4 is 0 Å². The van der Waals surface area contributed by atoms with Gasteiger partial charge in [-0.15, -0.1) is 0 Å². The number of hydrogen-bond acceptors (Lipinski definition) is 1. The quantitative estimate of drug-likeness (QED) is 0.772. The molecule has 0 aliphatic heterocycles. The second-order valence-electron chi connectivity index (χ2n) is 4.56. The average molecular weight is 219 g/mol. The van der Waals surface area contributed by atoms with E-state index in [4.69, 9.17) is 5.73 Å². The molecule has 0 fully saturated rings. The highest BCUT2D eigenvalue weighted by Gasteiger charge is 2.16. The summed E-state index contributed by atoms with van der Waals surface area (Å²) in [5.74, 6) is 0.519. The summed E-state index contributed by atoms with van der Waals surface area (Å²) in [7, 11) is 0. The molecule has 2 unspecified atom stereocenters. The summed E-state index contributed by atoms with van der Waals surface area (Å²) in [6.07, 6.45) is 4.53. The topological polar surface area (TPSA) is 26.0 Å². The van der Waals surface area contributed by atoms with Gasteiger partial charge in [0, 0.05) is 6.04 Å². The fourth-order valence-electron chi connectivity index (χ4n) is 2.32. The summed E-state index contributed by atoms with van der Waals surface area (Å²) >= 11 is 0. The molecule has 0 saturated carbocycles. The largest absolute Gasteiger partial charge is 0.327 e. The van der Waals surface area contributed by atoms with E-state index in [1.54, 1.807) is 0 Å². The summed E-state index contributed by atoms with van der Waals surface area (Å²) in [6.45, 7) is 6.62. The molecule has 0 bridgehead atoms. The van der Waals surface area contributed by atoms with Crippen LogP contribution in [0, 0.1) is 0 Å². The number of benzene rings is 1. The predicted molar refractivity (Wildman–Crippen MR) is 71.7 cm³/mol. The molecule has 0 amide bonds.